The van der Waals surface area contributed by atoms with Crippen molar-refractivity contribution in [1.29, 1.82) is 0 Å². The second kappa shape index (κ2) is 6.95. The minimum absolute atomic E-state index is 0.203. The second-order valence-electron chi connectivity index (χ2n) is 6.37. The smallest absolute Gasteiger partial charge is 0.185 e. The van der Waals surface area contributed by atoms with Crippen molar-refractivity contribution >= 4 is 52.0 Å². The minimum atomic E-state index is 0.203. The maximum atomic E-state index is 12.6. The molecule has 2 aromatic rings. The summed E-state index contributed by atoms with van der Waals surface area (Å²) in [5.74, 6) is 0.203. The van der Waals surface area contributed by atoms with Gasteiger partial charge in [0.15, 0.2) is 5.78 Å². The van der Waals surface area contributed by atoms with Crippen molar-refractivity contribution in [1.82, 2.24) is 0 Å². The molecule has 0 unspecified atom stereocenters. The highest BCUT2D eigenvalue weighted by Gasteiger charge is 2.23. The SMILES string of the molecule is CN(C)c1csc(C=C2CCC(=Cc3cc(N(C)C)cs3)C2=O)c1. The van der Waals surface area contributed by atoms with Crippen molar-refractivity contribution < 1.29 is 4.79 Å². The van der Waals surface area contributed by atoms with Crippen LogP contribution in [0, 0.1) is 0 Å². The van der Waals surface area contributed by atoms with Gasteiger partial charge >= 0.3 is 0 Å². The summed E-state index contributed by atoms with van der Waals surface area (Å²) in [6.07, 6.45) is 5.79. The van der Waals surface area contributed by atoms with Crippen LogP contribution in [0.25, 0.3) is 12.2 Å². The van der Waals surface area contributed by atoms with E-state index in [4.69, 9.17) is 0 Å². The molecule has 0 saturated heterocycles. The zero-order valence-electron chi connectivity index (χ0n) is 14.5. The van der Waals surface area contributed by atoms with Crippen molar-refractivity contribution in [3.8, 4) is 0 Å². The minimum Gasteiger partial charge on any atom is -0.377 e. The highest BCUT2D eigenvalue weighted by Crippen LogP contribution is 2.33. The summed E-state index contributed by atoms with van der Waals surface area (Å²) in [5, 5.41) is 4.24. The molecule has 0 radical (unpaired) electrons. The van der Waals surface area contributed by atoms with E-state index in [2.05, 4.69) is 44.8 Å². The monoisotopic (exact) mass is 358 g/mol. The van der Waals surface area contributed by atoms with Gasteiger partial charge in [-0.05, 0) is 37.1 Å². The van der Waals surface area contributed by atoms with Crippen molar-refractivity contribution in [3.63, 3.8) is 0 Å². The average molecular weight is 359 g/mol. The van der Waals surface area contributed by atoms with Gasteiger partial charge in [0.25, 0.3) is 0 Å². The fraction of sp³-hybridized carbons (Fsp3) is 0.316. The topological polar surface area (TPSA) is 23.6 Å². The van der Waals surface area contributed by atoms with Gasteiger partial charge in [-0.1, -0.05) is 0 Å². The Balaban J connectivity index is 1.78. The average Bonchev–Trinajstić information content (AvgIpc) is 3.24. The Bertz CT molecular complexity index is 743. The number of hydrogen-bond acceptors (Lipinski definition) is 5. The Morgan fingerprint density at radius 3 is 1.58 bits per heavy atom. The van der Waals surface area contributed by atoms with E-state index in [0.29, 0.717) is 0 Å². The first-order valence-corrected chi connectivity index (χ1v) is 9.67. The molecule has 24 heavy (non-hydrogen) atoms. The van der Waals surface area contributed by atoms with Gasteiger partial charge in [0.05, 0.1) is 0 Å². The molecule has 0 aromatic carbocycles. The molecule has 2 aromatic heterocycles. The first kappa shape index (κ1) is 17.0. The van der Waals surface area contributed by atoms with Crippen LogP contribution in [0.15, 0.2) is 34.0 Å². The van der Waals surface area contributed by atoms with Crippen LogP contribution in [0.5, 0.6) is 0 Å². The van der Waals surface area contributed by atoms with E-state index in [0.717, 1.165) is 33.7 Å². The van der Waals surface area contributed by atoms with E-state index in [-0.39, 0.29) is 5.78 Å². The molecule has 0 N–H and O–H groups in total. The Hall–Kier alpha value is -1.85. The predicted octanol–water partition coefficient (Wildman–Crippen LogP) is 4.77. The van der Waals surface area contributed by atoms with E-state index in [1.54, 1.807) is 22.7 Å². The molecule has 0 spiro atoms. The summed E-state index contributed by atoms with van der Waals surface area (Å²) in [6, 6.07) is 4.27. The molecule has 126 valence electrons. The van der Waals surface area contributed by atoms with E-state index in [1.807, 2.05) is 28.2 Å². The second-order valence-corrected chi connectivity index (χ2v) is 8.26. The lowest BCUT2D eigenvalue weighted by molar-refractivity contribution is -0.111. The number of thiophene rings is 2. The maximum absolute atomic E-state index is 12.6. The maximum Gasteiger partial charge on any atom is 0.185 e. The number of ketones is 1. The van der Waals surface area contributed by atoms with Crippen molar-refractivity contribution in [2.45, 2.75) is 12.8 Å². The summed E-state index contributed by atoms with van der Waals surface area (Å²) >= 11 is 3.37. The van der Waals surface area contributed by atoms with Crippen LogP contribution in [0.4, 0.5) is 11.4 Å². The van der Waals surface area contributed by atoms with Gasteiger partial charge in [-0.3, -0.25) is 4.79 Å². The van der Waals surface area contributed by atoms with E-state index < -0.39 is 0 Å². The predicted molar refractivity (Wildman–Crippen MR) is 107 cm³/mol. The largest absolute Gasteiger partial charge is 0.377 e. The van der Waals surface area contributed by atoms with Gasteiger partial charge in [-0.15, -0.1) is 22.7 Å². The standard InChI is InChI=1S/C19H22N2OS2/c1-20(2)15-9-17(23-11-15)7-13-5-6-14(19(13)22)8-18-10-16(12-24-18)21(3)4/h7-12H,5-6H2,1-4H3. The molecule has 3 rings (SSSR count). The number of Topliss-reactive ketones (excluding diaryl/α,β-unsaturated/α-hetero) is 1. The number of carbonyl (C=O) groups is 1. The Morgan fingerprint density at radius 1 is 0.833 bits per heavy atom. The number of allylic oxidation sites excluding steroid dienone is 2. The van der Waals surface area contributed by atoms with Crippen LogP contribution in [0.2, 0.25) is 0 Å². The van der Waals surface area contributed by atoms with Crippen LogP contribution in [-0.4, -0.2) is 34.0 Å². The van der Waals surface area contributed by atoms with Crippen molar-refractivity contribution in [2.24, 2.45) is 0 Å². The summed E-state index contributed by atoms with van der Waals surface area (Å²) in [5.41, 5.74) is 4.22. The van der Waals surface area contributed by atoms with Crippen LogP contribution in [0.1, 0.15) is 22.6 Å². The summed E-state index contributed by atoms with van der Waals surface area (Å²) in [7, 11) is 8.13. The molecule has 1 fully saturated rings. The number of anilines is 2. The zero-order chi connectivity index (χ0) is 17.3. The van der Waals surface area contributed by atoms with E-state index in [9.17, 15) is 4.79 Å². The highest BCUT2D eigenvalue weighted by molar-refractivity contribution is 7.11. The third-order valence-electron chi connectivity index (χ3n) is 4.12. The molecular weight excluding hydrogens is 336 g/mol. The molecule has 3 nitrogen and oxygen atoms in total. The molecule has 2 heterocycles. The van der Waals surface area contributed by atoms with Crippen LogP contribution >= 0.6 is 22.7 Å². The molecule has 1 aliphatic rings. The number of carbonyl (C=O) groups excluding carboxylic acids is 1. The van der Waals surface area contributed by atoms with Crippen molar-refractivity contribution in [2.75, 3.05) is 38.0 Å². The fourth-order valence-corrected chi connectivity index (χ4v) is 4.50. The molecule has 0 bridgehead atoms. The Morgan fingerprint density at radius 2 is 1.25 bits per heavy atom. The van der Waals surface area contributed by atoms with Gasteiger partial charge < -0.3 is 9.80 Å². The normalized spacial score (nSPS) is 17.9. The lowest BCUT2D eigenvalue weighted by Crippen LogP contribution is -2.06. The van der Waals surface area contributed by atoms with E-state index in [1.165, 1.54) is 11.4 Å². The van der Waals surface area contributed by atoms with Gasteiger partial charge in [-0.2, -0.15) is 0 Å². The first-order valence-electron chi connectivity index (χ1n) is 7.91. The Kier molecular flexibility index (Phi) is 4.92. The first-order chi connectivity index (χ1) is 11.4. The fourth-order valence-electron chi connectivity index (χ4n) is 2.63. The lowest BCUT2D eigenvalue weighted by Gasteiger charge is -2.07. The quantitative estimate of drug-likeness (QED) is 0.736. The zero-order valence-corrected chi connectivity index (χ0v) is 16.1. The molecule has 0 aliphatic heterocycles. The molecule has 5 heteroatoms. The van der Waals surface area contributed by atoms with E-state index >= 15 is 0 Å². The van der Waals surface area contributed by atoms with Crippen LogP contribution < -0.4 is 9.80 Å². The van der Waals surface area contributed by atoms with Crippen LogP contribution in [0.3, 0.4) is 0 Å². The highest BCUT2D eigenvalue weighted by atomic mass is 32.1. The molecule has 0 amide bonds. The number of rotatable bonds is 4. The van der Waals surface area contributed by atoms with Crippen LogP contribution in [-0.2, 0) is 4.79 Å². The number of hydrogen-bond donors (Lipinski definition) is 0. The molecule has 0 atom stereocenters. The molecule has 1 aliphatic carbocycles. The van der Waals surface area contributed by atoms with Gasteiger partial charge in [0.2, 0.25) is 0 Å². The third kappa shape index (κ3) is 3.62. The summed E-state index contributed by atoms with van der Waals surface area (Å²) < 4.78 is 0. The molecular formula is C19H22N2OS2. The van der Waals surface area contributed by atoms with Gasteiger partial charge in [0, 0.05) is 71.2 Å². The number of nitrogens with zero attached hydrogens (tertiary/aromatic N) is 2. The summed E-state index contributed by atoms with van der Waals surface area (Å²) in [6.45, 7) is 0. The van der Waals surface area contributed by atoms with Crippen molar-refractivity contribution in [3.05, 3.63) is 43.8 Å². The van der Waals surface area contributed by atoms with Gasteiger partial charge in [-0.25, -0.2) is 0 Å². The lowest BCUT2D eigenvalue weighted by atomic mass is 10.1. The summed E-state index contributed by atoms with van der Waals surface area (Å²) in [4.78, 5) is 19.1. The van der Waals surface area contributed by atoms with Gasteiger partial charge in [0.1, 0.15) is 0 Å². The third-order valence-corrected chi connectivity index (χ3v) is 5.86. The Labute approximate surface area is 151 Å². The molecule has 1 saturated carbocycles.